The van der Waals surface area contributed by atoms with E-state index in [2.05, 4.69) is 10.1 Å². The standard InChI is InChI=1S/C18H22F2N4O2/c1-11-9-14-21-16(15(19)20)22-24(14)10-13(11)12-5-7-23(8-6-12)17(25)26-18(2,3)4/h5,9-10,15H,6-8H2,1-4H3. The first-order valence-corrected chi connectivity index (χ1v) is 8.46. The van der Waals surface area contributed by atoms with Gasteiger partial charge in [-0.25, -0.2) is 23.1 Å². The molecule has 0 radical (unpaired) electrons. The van der Waals surface area contributed by atoms with Crippen molar-refractivity contribution in [2.24, 2.45) is 0 Å². The average Bonchev–Trinajstić information content (AvgIpc) is 2.96. The number of pyridine rings is 1. The Morgan fingerprint density at radius 1 is 1.35 bits per heavy atom. The van der Waals surface area contributed by atoms with E-state index in [1.807, 2.05) is 33.8 Å². The number of hydrogen-bond acceptors (Lipinski definition) is 4. The normalized spacial score (nSPS) is 15.5. The van der Waals surface area contributed by atoms with E-state index >= 15 is 0 Å². The van der Waals surface area contributed by atoms with Gasteiger partial charge in [0.05, 0.1) is 0 Å². The van der Waals surface area contributed by atoms with Gasteiger partial charge >= 0.3 is 6.09 Å². The van der Waals surface area contributed by atoms with Crippen LogP contribution in [0.2, 0.25) is 0 Å². The van der Waals surface area contributed by atoms with Crippen molar-refractivity contribution in [2.75, 3.05) is 13.1 Å². The molecule has 8 heteroatoms. The van der Waals surface area contributed by atoms with Crippen LogP contribution in [-0.2, 0) is 4.74 Å². The summed E-state index contributed by atoms with van der Waals surface area (Å²) in [6.07, 6.45) is 1.31. The molecule has 0 N–H and O–H groups in total. The van der Waals surface area contributed by atoms with Gasteiger partial charge in [0.2, 0.25) is 5.82 Å². The van der Waals surface area contributed by atoms with Crippen LogP contribution in [0.1, 0.15) is 50.6 Å². The van der Waals surface area contributed by atoms with Gasteiger partial charge in [-0.05, 0) is 56.9 Å². The topological polar surface area (TPSA) is 59.7 Å². The van der Waals surface area contributed by atoms with Gasteiger partial charge in [-0.2, -0.15) is 0 Å². The lowest BCUT2D eigenvalue weighted by Crippen LogP contribution is -2.39. The minimum Gasteiger partial charge on any atom is -0.444 e. The summed E-state index contributed by atoms with van der Waals surface area (Å²) in [4.78, 5) is 17.6. The number of fused-ring (bicyclic) bond motifs is 1. The van der Waals surface area contributed by atoms with Gasteiger partial charge in [0.15, 0.2) is 5.65 Å². The van der Waals surface area contributed by atoms with E-state index in [9.17, 15) is 13.6 Å². The molecule has 26 heavy (non-hydrogen) atoms. The number of amides is 1. The van der Waals surface area contributed by atoms with Crippen LogP contribution in [0.25, 0.3) is 11.2 Å². The Labute approximate surface area is 150 Å². The van der Waals surface area contributed by atoms with Crippen LogP contribution in [-0.4, -0.2) is 44.3 Å². The lowest BCUT2D eigenvalue weighted by atomic mass is 9.97. The Hall–Kier alpha value is -2.51. The highest BCUT2D eigenvalue weighted by atomic mass is 19.3. The molecular formula is C18H22F2N4O2. The molecule has 1 aliphatic rings. The molecule has 1 aliphatic heterocycles. The van der Waals surface area contributed by atoms with Crippen LogP contribution in [0, 0.1) is 6.92 Å². The number of carbonyl (C=O) groups excluding carboxylic acids is 1. The van der Waals surface area contributed by atoms with Crippen molar-refractivity contribution in [2.45, 2.75) is 46.1 Å². The van der Waals surface area contributed by atoms with Crippen LogP contribution < -0.4 is 0 Å². The number of aromatic nitrogens is 3. The number of aryl methyl sites for hydroxylation is 1. The second kappa shape index (κ2) is 6.66. The molecule has 3 rings (SSSR count). The largest absolute Gasteiger partial charge is 0.444 e. The number of rotatable bonds is 2. The van der Waals surface area contributed by atoms with E-state index in [4.69, 9.17) is 4.74 Å². The van der Waals surface area contributed by atoms with E-state index in [0.717, 1.165) is 16.7 Å². The lowest BCUT2D eigenvalue weighted by Gasteiger charge is -2.29. The summed E-state index contributed by atoms with van der Waals surface area (Å²) < 4.78 is 32.4. The first kappa shape index (κ1) is 18.3. The fraction of sp³-hybridized carbons (Fsp3) is 0.500. The van der Waals surface area contributed by atoms with Crippen molar-refractivity contribution in [1.29, 1.82) is 0 Å². The summed E-state index contributed by atoms with van der Waals surface area (Å²) >= 11 is 0. The van der Waals surface area contributed by atoms with Crippen LogP contribution in [0.15, 0.2) is 18.3 Å². The third-order valence-electron chi connectivity index (χ3n) is 4.10. The minimum absolute atomic E-state index is 0.335. The monoisotopic (exact) mass is 364 g/mol. The highest BCUT2D eigenvalue weighted by Crippen LogP contribution is 2.27. The molecule has 2 aromatic rings. The third-order valence-corrected chi connectivity index (χ3v) is 4.10. The summed E-state index contributed by atoms with van der Waals surface area (Å²) in [5.41, 5.74) is 2.78. The highest BCUT2D eigenvalue weighted by Gasteiger charge is 2.24. The van der Waals surface area contributed by atoms with E-state index in [1.165, 1.54) is 4.52 Å². The molecule has 0 aromatic carbocycles. The summed E-state index contributed by atoms with van der Waals surface area (Å²) in [6, 6.07) is 1.75. The zero-order valence-corrected chi connectivity index (χ0v) is 15.3. The molecule has 6 nitrogen and oxygen atoms in total. The van der Waals surface area contributed by atoms with Crippen LogP contribution in [0.3, 0.4) is 0 Å². The van der Waals surface area contributed by atoms with Crippen molar-refractivity contribution >= 4 is 17.3 Å². The number of hydrogen-bond donors (Lipinski definition) is 0. The molecule has 0 saturated carbocycles. The van der Waals surface area contributed by atoms with E-state index in [1.54, 1.807) is 17.2 Å². The Morgan fingerprint density at radius 3 is 2.65 bits per heavy atom. The maximum Gasteiger partial charge on any atom is 0.410 e. The fourth-order valence-corrected chi connectivity index (χ4v) is 2.88. The molecule has 140 valence electrons. The molecule has 0 spiro atoms. The lowest BCUT2D eigenvalue weighted by molar-refractivity contribution is 0.0270. The summed E-state index contributed by atoms with van der Waals surface area (Å²) in [6.45, 7) is 8.40. The molecule has 2 aromatic heterocycles. The van der Waals surface area contributed by atoms with Gasteiger partial charge in [-0.15, -0.1) is 5.10 Å². The van der Waals surface area contributed by atoms with Gasteiger partial charge in [0.25, 0.3) is 6.43 Å². The highest BCUT2D eigenvalue weighted by molar-refractivity contribution is 5.74. The van der Waals surface area contributed by atoms with Crippen LogP contribution in [0.4, 0.5) is 13.6 Å². The Balaban J connectivity index is 1.81. The van der Waals surface area contributed by atoms with Crippen LogP contribution in [0.5, 0.6) is 0 Å². The van der Waals surface area contributed by atoms with Gasteiger partial charge < -0.3 is 9.64 Å². The molecule has 0 saturated heterocycles. The Morgan fingerprint density at radius 2 is 2.08 bits per heavy atom. The van der Waals surface area contributed by atoms with Gasteiger partial charge in [0, 0.05) is 19.3 Å². The molecule has 1 amide bonds. The maximum atomic E-state index is 12.8. The zero-order valence-electron chi connectivity index (χ0n) is 15.3. The van der Waals surface area contributed by atoms with E-state index in [0.29, 0.717) is 25.2 Å². The van der Waals surface area contributed by atoms with Gasteiger partial charge in [-0.3, -0.25) is 0 Å². The predicted molar refractivity (Wildman–Crippen MR) is 93.1 cm³/mol. The van der Waals surface area contributed by atoms with Crippen molar-refractivity contribution in [3.05, 3.63) is 35.3 Å². The van der Waals surface area contributed by atoms with Gasteiger partial charge in [-0.1, -0.05) is 6.08 Å². The molecule has 0 bridgehead atoms. The molecule has 3 heterocycles. The first-order valence-electron chi connectivity index (χ1n) is 8.46. The number of nitrogens with zero attached hydrogens (tertiary/aromatic N) is 4. The van der Waals surface area contributed by atoms with Gasteiger partial charge in [0.1, 0.15) is 5.60 Å². The zero-order chi connectivity index (χ0) is 19.1. The Kier molecular flexibility index (Phi) is 4.68. The van der Waals surface area contributed by atoms with Crippen molar-refractivity contribution < 1.29 is 18.3 Å². The predicted octanol–water partition coefficient (Wildman–Crippen LogP) is 4.00. The smallest absolute Gasteiger partial charge is 0.410 e. The summed E-state index contributed by atoms with van der Waals surface area (Å²) in [7, 11) is 0. The SMILES string of the molecule is Cc1cc2nc(C(F)F)nn2cc1C1=CCN(C(=O)OC(C)(C)C)CC1. The molecule has 0 unspecified atom stereocenters. The second-order valence-electron chi connectivity index (χ2n) is 7.35. The third kappa shape index (κ3) is 3.84. The quantitative estimate of drug-likeness (QED) is 0.808. The number of alkyl halides is 2. The number of halogens is 2. The van der Waals surface area contributed by atoms with Crippen LogP contribution >= 0.6 is 0 Å². The summed E-state index contributed by atoms with van der Waals surface area (Å²) in [5.74, 6) is -0.477. The molecule has 0 atom stereocenters. The van der Waals surface area contributed by atoms with E-state index < -0.39 is 17.9 Å². The molecule has 0 fully saturated rings. The number of ether oxygens (including phenoxy) is 1. The fourth-order valence-electron chi connectivity index (χ4n) is 2.88. The maximum absolute atomic E-state index is 12.8. The van der Waals surface area contributed by atoms with Crippen molar-refractivity contribution in [3.63, 3.8) is 0 Å². The van der Waals surface area contributed by atoms with Crippen molar-refractivity contribution in [1.82, 2.24) is 19.5 Å². The molecular weight excluding hydrogens is 342 g/mol. The second-order valence-corrected chi connectivity index (χ2v) is 7.35. The van der Waals surface area contributed by atoms with Crippen molar-refractivity contribution in [3.8, 4) is 0 Å². The summed E-state index contributed by atoms with van der Waals surface area (Å²) in [5, 5.41) is 3.84. The first-order chi connectivity index (χ1) is 12.1. The average molecular weight is 364 g/mol. The molecule has 0 aliphatic carbocycles. The Bertz CT molecular complexity index is 868. The van der Waals surface area contributed by atoms with E-state index in [-0.39, 0.29) is 6.09 Å². The number of carbonyl (C=O) groups is 1. The minimum atomic E-state index is -2.70.